The van der Waals surface area contributed by atoms with Gasteiger partial charge in [0.1, 0.15) is 28.8 Å². The zero-order valence-electron chi connectivity index (χ0n) is 10.6. The summed E-state index contributed by atoms with van der Waals surface area (Å²) in [4.78, 5) is 0. The minimum absolute atomic E-state index is 0.0352. The molecule has 0 bridgehead atoms. The minimum atomic E-state index is -4.62. The van der Waals surface area contributed by atoms with E-state index in [0.29, 0.717) is 12.1 Å². The molecular weight excluding hydrogens is 344 g/mol. The van der Waals surface area contributed by atoms with Gasteiger partial charge in [0.2, 0.25) is 0 Å². The van der Waals surface area contributed by atoms with Gasteiger partial charge in [-0.2, -0.15) is 23.5 Å². The van der Waals surface area contributed by atoms with Crippen LogP contribution in [0.25, 0.3) is 5.69 Å². The molecule has 1 aromatic heterocycles. The number of aliphatic hydroxyl groups excluding tert-OH is 1. The quantitative estimate of drug-likeness (QED) is 0.870. The Hall–Kier alpha value is -1.95. The van der Waals surface area contributed by atoms with Crippen LogP contribution in [0.3, 0.4) is 0 Å². The molecule has 0 atom stereocenters. The normalized spacial score (nSPS) is 11.5. The smallest absolute Gasteiger partial charge is 0.390 e. The van der Waals surface area contributed by atoms with E-state index in [0.717, 1.165) is 4.68 Å². The van der Waals surface area contributed by atoms with Crippen molar-refractivity contribution in [2.45, 2.75) is 12.8 Å². The Morgan fingerprint density at radius 3 is 2.23 bits per heavy atom. The second-order valence-corrected chi connectivity index (χ2v) is 4.99. The topological polar surface area (TPSA) is 87.9 Å². The van der Waals surface area contributed by atoms with Crippen molar-refractivity contribution in [3.8, 4) is 11.8 Å². The Kier molecular flexibility index (Phi) is 4.24. The van der Waals surface area contributed by atoms with E-state index in [9.17, 15) is 13.2 Å². The molecule has 2 aromatic rings. The summed E-state index contributed by atoms with van der Waals surface area (Å²) in [6, 6.07) is 3.10. The van der Waals surface area contributed by atoms with Crippen molar-refractivity contribution in [1.29, 1.82) is 5.26 Å². The summed E-state index contributed by atoms with van der Waals surface area (Å²) in [5.74, 6) is -0.185. The molecule has 10 heteroatoms. The molecule has 22 heavy (non-hydrogen) atoms. The fraction of sp³-hybridized carbons (Fsp3) is 0.167. The van der Waals surface area contributed by atoms with Crippen LogP contribution in [-0.2, 0) is 12.8 Å². The number of aliphatic hydroxyl groups is 1. The second-order valence-electron chi connectivity index (χ2n) is 4.17. The Morgan fingerprint density at radius 1 is 1.32 bits per heavy atom. The lowest BCUT2D eigenvalue weighted by Crippen LogP contribution is -2.08. The highest BCUT2D eigenvalue weighted by Crippen LogP contribution is 2.38. The van der Waals surface area contributed by atoms with Gasteiger partial charge in [0.05, 0.1) is 22.2 Å². The number of nitrogens with two attached hydrogens (primary N) is 1. The molecule has 0 radical (unpaired) electrons. The van der Waals surface area contributed by atoms with E-state index in [1.54, 1.807) is 6.07 Å². The SMILES string of the molecule is N#Cc1c(CO)nn(-c2c(Cl)cc(C(F)(F)F)cc2Cl)c1N. The zero-order valence-corrected chi connectivity index (χ0v) is 12.1. The first kappa shape index (κ1) is 16.4. The van der Waals surface area contributed by atoms with Crippen LogP contribution in [0.5, 0.6) is 0 Å². The Labute approximate surface area is 132 Å². The molecule has 1 heterocycles. The van der Waals surface area contributed by atoms with E-state index < -0.39 is 18.3 Å². The zero-order chi connectivity index (χ0) is 16.7. The van der Waals surface area contributed by atoms with Crippen molar-refractivity contribution >= 4 is 29.0 Å². The van der Waals surface area contributed by atoms with E-state index in [2.05, 4.69) is 5.10 Å². The van der Waals surface area contributed by atoms with Gasteiger partial charge in [-0.3, -0.25) is 0 Å². The van der Waals surface area contributed by atoms with Crippen molar-refractivity contribution < 1.29 is 18.3 Å². The summed E-state index contributed by atoms with van der Waals surface area (Å²) < 4.78 is 39.0. The molecule has 0 saturated carbocycles. The largest absolute Gasteiger partial charge is 0.416 e. The molecule has 3 N–H and O–H groups in total. The molecule has 0 spiro atoms. The number of nitrogen functional groups attached to an aromatic ring is 1. The second kappa shape index (κ2) is 5.68. The van der Waals surface area contributed by atoms with Gasteiger partial charge in [0.15, 0.2) is 0 Å². The van der Waals surface area contributed by atoms with Gasteiger partial charge in [-0.15, -0.1) is 0 Å². The number of aromatic nitrogens is 2. The van der Waals surface area contributed by atoms with Gasteiger partial charge in [-0.1, -0.05) is 23.2 Å². The lowest BCUT2D eigenvalue weighted by Gasteiger charge is -2.13. The first-order chi connectivity index (χ1) is 10.2. The number of nitriles is 1. The average molecular weight is 351 g/mol. The van der Waals surface area contributed by atoms with Crippen LogP contribution < -0.4 is 5.73 Å². The Morgan fingerprint density at radius 2 is 1.86 bits per heavy atom. The van der Waals surface area contributed by atoms with Crippen molar-refractivity contribution in [3.05, 3.63) is 39.0 Å². The highest BCUT2D eigenvalue weighted by Gasteiger charge is 2.32. The number of rotatable bonds is 2. The van der Waals surface area contributed by atoms with Crippen LogP contribution in [-0.4, -0.2) is 14.9 Å². The maximum atomic E-state index is 12.7. The Bertz CT molecular complexity index is 757. The number of alkyl halides is 3. The number of halogens is 5. The molecule has 0 fully saturated rings. The van der Waals surface area contributed by atoms with Gasteiger partial charge in [0.25, 0.3) is 0 Å². The number of benzene rings is 1. The van der Waals surface area contributed by atoms with Crippen LogP contribution in [0, 0.1) is 11.3 Å². The predicted octanol–water partition coefficient (Wildman–Crippen LogP) is 3.14. The van der Waals surface area contributed by atoms with E-state index >= 15 is 0 Å². The van der Waals surface area contributed by atoms with E-state index in [-0.39, 0.29) is 32.8 Å². The lowest BCUT2D eigenvalue weighted by molar-refractivity contribution is -0.137. The molecule has 116 valence electrons. The maximum absolute atomic E-state index is 12.7. The number of hydrogen-bond acceptors (Lipinski definition) is 4. The van der Waals surface area contributed by atoms with Gasteiger partial charge in [-0.05, 0) is 12.1 Å². The third kappa shape index (κ3) is 2.70. The van der Waals surface area contributed by atoms with Gasteiger partial charge in [0, 0.05) is 0 Å². The fourth-order valence-electron chi connectivity index (χ4n) is 1.81. The van der Waals surface area contributed by atoms with Gasteiger partial charge in [-0.25, -0.2) is 4.68 Å². The monoisotopic (exact) mass is 350 g/mol. The number of nitrogens with zero attached hydrogens (tertiary/aromatic N) is 3. The maximum Gasteiger partial charge on any atom is 0.416 e. The number of hydrogen-bond donors (Lipinski definition) is 2. The average Bonchev–Trinajstić information content (AvgIpc) is 2.73. The van der Waals surface area contributed by atoms with Crippen LogP contribution in [0.1, 0.15) is 16.8 Å². The summed E-state index contributed by atoms with van der Waals surface area (Å²) in [5, 5.41) is 21.3. The molecule has 1 aromatic carbocycles. The minimum Gasteiger partial charge on any atom is -0.390 e. The summed E-state index contributed by atoms with van der Waals surface area (Å²) in [7, 11) is 0. The predicted molar refractivity (Wildman–Crippen MR) is 73.6 cm³/mol. The molecule has 5 nitrogen and oxygen atoms in total. The summed E-state index contributed by atoms with van der Waals surface area (Å²) in [6.45, 7) is -0.573. The van der Waals surface area contributed by atoms with Crippen molar-refractivity contribution in [1.82, 2.24) is 9.78 Å². The van der Waals surface area contributed by atoms with E-state index in [4.69, 9.17) is 39.3 Å². The van der Waals surface area contributed by atoms with Crippen molar-refractivity contribution in [3.63, 3.8) is 0 Å². The third-order valence-corrected chi connectivity index (χ3v) is 3.39. The third-order valence-electron chi connectivity index (χ3n) is 2.81. The van der Waals surface area contributed by atoms with Crippen molar-refractivity contribution in [2.24, 2.45) is 0 Å². The van der Waals surface area contributed by atoms with Crippen LogP contribution >= 0.6 is 23.2 Å². The molecular formula is C12H7Cl2F3N4O. The van der Waals surface area contributed by atoms with Gasteiger partial charge < -0.3 is 10.8 Å². The molecule has 0 amide bonds. The summed E-state index contributed by atoms with van der Waals surface area (Å²) in [6.07, 6.45) is -4.62. The van der Waals surface area contributed by atoms with E-state index in [1.807, 2.05) is 0 Å². The molecule has 2 rings (SSSR count). The van der Waals surface area contributed by atoms with Crippen LogP contribution in [0.2, 0.25) is 10.0 Å². The Balaban J connectivity index is 2.70. The van der Waals surface area contributed by atoms with Crippen LogP contribution in [0.15, 0.2) is 12.1 Å². The molecule has 0 aliphatic heterocycles. The molecule has 0 saturated heterocycles. The van der Waals surface area contributed by atoms with Gasteiger partial charge >= 0.3 is 6.18 Å². The molecule has 0 aliphatic rings. The molecule has 0 unspecified atom stereocenters. The standard InChI is InChI=1S/C12H7Cl2F3N4O/c13-7-1-5(12(15,16)17)2-8(14)10(7)21-11(19)6(3-18)9(4-22)20-21/h1-2,22H,4,19H2. The summed E-state index contributed by atoms with van der Waals surface area (Å²) in [5.41, 5.74) is 4.44. The van der Waals surface area contributed by atoms with E-state index in [1.165, 1.54) is 0 Å². The first-order valence-corrected chi connectivity index (χ1v) is 6.41. The molecule has 0 aliphatic carbocycles. The highest BCUT2D eigenvalue weighted by molar-refractivity contribution is 6.38. The van der Waals surface area contributed by atoms with Crippen molar-refractivity contribution in [2.75, 3.05) is 5.73 Å². The first-order valence-electron chi connectivity index (χ1n) is 5.65. The van der Waals surface area contributed by atoms with Crippen LogP contribution in [0.4, 0.5) is 19.0 Å². The number of anilines is 1. The fourth-order valence-corrected chi connectivity index (χ4v) is 2.46. The summed E-state index contributed by atoms with van der Waals surface area (Å²) >= 11 is 11.7. The lowest BCUT2D eigenvalue weighted by atomic mass is 10.2. The highest BCUT2D eigenvalue weighted by atomic mass is 35.5.